The van der Waals surface area contributed by atoms with E-state index in [2.05, 4.69) is 5.32 Å². The van der Waals surface area contributed by atoms with Gasteiger partial charge in [-0.15, -0.1) is 0 Å². The number of rotatable bonds is 7. The lowest BCUT2D eigenvalue weighted by Crippen LogP contribution is -2.38. The monoisotopic (exact) mass is 305 g/mol. The van der Waals surface area contributed by atoms with Crippen molar-refractivity contribution in [3.63, 3.8) is 0 Å². The molecule has 118 valence electrons. The minimum absolute atomic E-state index is 0.0759. The lowest BCUT2D eigenvalue weighted by Gasteiger charge is -2.25. The number of carbonyl (C=O) groups is 1. The summed E-state index contributed by atoms with van der Waals surface area (Å²) >= 11 is 0. The summed E-state index contributed by atoms with van der Waals surface area (Å²) in [7, 11) is -3.14. The Morgan fingerprint density at radius 2 is 1.90 bits per heavy atom. The van der Waals surface area contributed by atoms with Crippen LogP contribution in [-0.2, 0) is 14.8 Å². The van der Waals surface area contributed by atoms with E-state index in [9.17, 15) is 13.2 Å². The first-order valence-corrected chi connectivity index (χ1v) is 9.17. The fourth-order valence-corrected chi connectivity index (χ4v) is 3.48. The van der Waals surface area contributed by atoms with Crippen LogP contribution in [0.15, 0.2) is 0 Å². The number of nitrogens with one attached hydrogen (secondary N) is 1. The van der Waals surface area contributed by atoms with E-state index >= 15 is 0 Å². The van der Waals surface area contributed by atoms with Gasteiger partial charge in [-0.25, -0.2) is 12.7 Å². The molecule has 1 fully saturated rings. The predicted molar refractivity (Wildman–Crippen MR) is 79.7 cm³/mol. The second-order valence-electron chi connectivity index (χ2n) is 5.51. The van der Waals surface area contributed by atoms with Crippen molar-refractivity contribution in [2.24, 2.45) is 11.7 Å². The summed E-state index contributed by atoms with van der Waals surface area (Å²) < 4.78 is 24.2. The van der Waals surface area contributed by atoms with Crippen LogP contribution < -0.4 is 11.1 Å². The zero-order chi connectivity index (χ0) is 15.2. The average molecular weight is 305 g/mol. The molecule has 0 unspecified atom stereocenters. The minimum Gasteiger partial charge on any atom is -0.356 e. The normalized spacial score (nSPS) is 23.8. The minimum atomic E-state index is -3.14. The van der Waals surface area contributed by atoms with Gasteiger partial charge in [0.15, 0.2) is 0 Å². The molecule has 0 atom stereocenters. The molecule has 3 N–H and O–H groups in total. The van der Waals surface area contributed by atoms with Crippen LogP contribution in [0.5, 0.6) is 0 Å². The predicted octanol–water partition coefficient (Wildman–Crippen LogP) is 0.292. The van der Waals surface area contributed by atoms with Crippen LogP contribution in [0.25, 0.3) is 0 Å². The van der Waals surface area contributed by atoms with Gasteiger partial charge in [0.1, 0.15) is 0 Å². The molecular weight excluding hydrogens is 278 g/mol. The van der Waals surface area contributed by atoms with Gasteiger partial charge in [0.25, 0.3) is 0 Å². The Morgan fingerprint density at radius 1 is 1.30 bits per heavy atom. The number of nitrogens with zero attached hydrogens (tertiary/aromatic N) is 1. The molecule has 0 saturated heterocycles. The molecule has 1 aliphatic carbocycles. The highest BCUT2D eigenvalue weighted by atomic mass is 32.2. The van der Waals surface area contributed by atoms with Crippen LogP contribution in [0.2, 0.25) is 0 Å². The fraction of sp³-hybridized carbons (Fsp3) is 0.923. The highest BCUT2D eigenvalue weighted by Crippen LogP contribution is 2.23. The quantitative estimate of drug-likeness (QED) is 0.661. The summed E-state index contributed by atoms with van der Waals surface area (Å²) in [6, 6.07) is 0.243. The van der Waals surface area contributed by atoms with Gasteiger partial charge in [0.2, 0.25) is 15.9 Å². The van der Waals surface area contributed by atoms with Gasteiger partial charge in [-0.1, -0.05) is 6.92 Å². The van der Waals surface area contributed by atoms with E-state index in [1.165, 1.54) is 10.6 Å². The number of amides is 1. The summed E-state index contributed by atoms with van der Waals surface area (Å²) in [6.07, 6.45) is 5.39. The molecule has 0 radical (unpaired) electrons. The standard InChI is InChI=1S/C13H27N3O3S/c1-3-16(20(2,18)19)10-4-9-15-13(17)11-5-7-12(14)8-6-11/h11-12H,3-10,14H2,1-2H3,(H,15,17). The molecule has 1 saturated carbocycles. The van der Waals surface area contributed by atoms with Gasteiger partial charge in [-0.05, 0) is 32.1 Å². The molecule has 0 aliphatic heterocycles. The first kappa shape index (κ1) is 17.4. The van der Waals surface area contributed by atoms with E-state index < -0.39 is 10.0 Å². The molecular formula is C13H27N3O3S. The Balaban J connectivity index is 2.22. The van der Waals surface area contributed by atoms with E-state index in [1.54, 1.807) is 0 Å². The first-order valence-electron chi connectivity index (χ1n) is 7.33. The summed E-state index contributed by atoms with van der Waals surface area (Å²) in [4.78, 5) is 11.9. The zero-order valence-electron chi connectivity index (χ0n) is 12.5. The van der Waals surface area contributed by atoms with E-state index in [4.69, 9.17) is 5.73 Å². The second kappa shape index (κ2) is 7.95. The summed E-state index contributed by atoms with van der Waals surface area (Å²) in [5.41, 5.74) is 5.81. The molecule has 0 aromatic heterocycles. The number of carbonyl (C=O) groups excluding carboxylic acids is 1. The van der Waals surface area contributed by atoms with Gasteiger partial charge in [-0.2, -0.15) is 0 Å². The molecule has 7 heteroatoms. The smallest absolute Gasteiger partial charge is 0.223 e. The maximum absolute atomic E-state index is 11.9. The van der Waals surface area contributed by atoms with E-state index in [0.29, 0.717) is 26.1 Å². The summed E-state index contributed by atoms with van der Waals surface area (Å²) in [5, 5.41) is 2.90. The largest absolute Gasteiger partial charge is 0.356 e. The molecule has 1 amide bonds. The first-order chi connectivity index (χ1) is 9.34. The van der Waals surface area contributed by atoms with Crippen molar-refractivity contribution in [2.75, 3.05) is 25.9 Å². The van der Waals surface area contributed by atoms with Crippen molar-refractivity contribution in [2.45, 2.75) is 45.1 Å². The van der Waals surface area contributed by atoms with Crippen LogP contribution in [0.4, 0.5) is 0 Å². The molecule has 20 heavy (non-hydrogen) atoms. The number of hydrogen-bond donors (Lipinski definition) is 2. The molecule has 1 aliphatic rings. The average Bonchev–Trinajstić information content (AvgIpc) is 2.37. The number of hydrogen-bond acceptors (Lipinski definition) is 4. The van der Waals surface area contributed by atoms with Crippen LogP contribution in [0.3, 0.4) is 0 Å². The molecule has 6 nitrogen and oxygen atoms in total. The van der Waals surface area contributed by atoms with Crippen molar-refractivity contribution in [3.05, 3.63) is 0 Å². The molecule has 0 aromatic carbocycles. The SMILES string of the molecule is CCN(CCCNC(=O)C1CCC(N)CC1)S(C)(=O)=O. The van der Waals surface area contributed by atoms with E-state index in [0.717, 1.165) is 25.7 Å². The number of sulfonamides is 1. The third kappa shape index (κ3) is 5.76. The fourth-order valence-electron chi connectivity index (χ4n) is 2.55. The molecule has 1 rings (SSSR count). The molecule has 0 heterocycles. The van der Waals surface area contributed by atoms with Crippen LogP contribution >= 0.6 is 0 Å². The lowest BCUT2D eigenvalue weighted by atomic mass is 9.86. The van der Waals surface area contributed by atoms with Crippen molar-refractivity contribution >= 4 is 15.9 Å². The Kier molecular flexibility index (Phi) is 6.91. The lowest BCUT2D eigenvalue weighted by molar-refractivity contribution is -0.125. The molecule has 0 spiro atoms. The van der Waals surface area contributed by atoms with Crippen molar-refractivity contribution in [3.8, 4) is 0 Å². The maximum Gasteiger partial charge on any atom is 0.223 e. The number of nitrogens with two attached hydrogens (primary N) is 1. The highest BCUT2D eigenvalue weighted by Gasteiger charge is 2.24. The van der Waals surface area contributed by atoms with E-state index in [1.807, 2.05) is 6.92 Å². The van der Waals surface area contributed by atoms with Gasteiger partial charge >= 0.3 is 0 Å². The second-order valence-corrected chi connectivity index (χ2v) is 7.49. The maximum atomic E-state index is 11.9. The van der Waals surface area contributed by atoms with Gasteiger partial charge in [0, 0.05) is 31.6 Å². The topological polar surface area (TPSA) is 92.5 Å². The third-order valence-electron chi connectivity index (χ3n) is 3.85. The van der Waals surface area contributed by atoms with Crippen LogP contribution in [0.1, 0.15) is 39.0 Å². The highest BCUT2D eigenvalue weighted by molar-refractivity contribution is 7.88. The Labute approximate surface area is 122 Å². The van der Waals surface area contributed by atoms with Crippen molar-refractivity contribution in [1.29, 1.82) is 0 Å². The van der Waals surface area contributed by atoms with Gasteiger partial charge < -0.3 is 11.1 Å². The van der Waals surface area contributed by atoms with Crippen LogP contribution in [0, 0.1) is 5.92 Å². The Morgan fingerprint density at radius 3 is 2.40 bits per heavy atom. The zero-order valence-corrected chi connectivity index (χ0v) is 13.3. The van der Waals surface area contributed by atoms with Gasteiger partial charge in [-0.3, -0.25) is 4.79 Å². The van der Waals surface area contributed by atoms with Crippen LogP contribution in [-0.4, -0.2) is 50.6 Å². The Hall–Kier alpha value is -0.660. The Bertz CT molecular complexity index is 403. The molecule has 0 aromatic rings. The summed E-state index contributed by atoms with van der Waals surface area (Å²) in [5.74, 6) is 0.159. The molecule has 0 bridgehead atoms. The van der Waals surface area contributed by atoms with Gasteiger partial charge in [0.05, 0.1) is 6.26 Å². The van der Waals surface area contributed by atoms with Crippen molar-refractivity contribution in [1.82, 2.24) is 9.62 Å². The van der Waals surface area contributed by atoms with E-state index in [-0.39, 0.29) is 17.9 Å². The third-order valence-corrected chi connectivity index (χ3v) is 5.23. The summed E-state index contributed by atoms with van der Waals surface area (Å²) in [6.45, 7) is 3.25. The van der Waals surface area contributed by atoms with Crippen molar-refractivity contribution < 1.29 is 13.2 Å².